The van der Waals surface area contributed by atoms with Crippen LogP contribution in [0.3, 0.4) is 0 Å². The molecule has 0 bridgehead atoms. The fraction of sp³-hybridized carbons (Fsp3) is 0.917. The van der Waals surface area contributed by atoms with E-state index >= 15 is 0 Å². The highest BCUT2D eigenvalue weighted by Gasteiger charge is 2.29. The highest BCUT2D eigenvalue weighted by molar-refractivity contribution is 5.68. The summed E-state index contributed by atoms with van der Waals surface area (Å²) in [6.45, 7) is 10.7. The first-order chi connectivity index (χ1) is 7.42. The van der Waals surface area contributed by atoms with Crippen LogP contribution in [0.2, 0.25) is 0 Å². The van der Waals surface area contributed by atoms with Crippen molar-refractivity contribution < 1.29 is 14.3 Å². The third-order valence-electron chi connectivity index (χ3n) is 2.50. The minimum atomic E-state index is -0.408. The van der Waals surface area contributed by atoms with Crippen LogP contribution in [0.4, 0.5) is 4.79 Å². The van der Waals surface area contributed by atoms with Gasteiger partial charge in [-0.15, -0.1) is 0 Å². The van der Waals surface area contributed by atoms with E-state index in [1.807, 2.05) is 27.7 Å². The van der Waals surface area contributed by atoms with Gasteiger partial charge in [0, 0.05) is 25.6 Å². The first-order valence-corrected chi connectivity index (χ1v) is 5.98. The van der Waals surface area contributed by atoms with Crippen molar-refractivity contribution in [3.8, 4) is 0 Å². The van der Waals surface area contributed by atoms with Gasteiger partial charge < -0.3 is 14.4 Å². The summed E-state index contributed by atoms with van der Waals surface area (Å²) < 4.78 is 10.7. The highest BCUT2D eigenvalue weighted by atomic mass is 16.6. The molecule has 0 aromatic rings. The van der Waals surface area contributed by atoms with E-state index in [4.69, 9.17) is 9.47 Å². The Labute approximate surface area is 97.9 Å². The summed E-state index contributed by atoms with van der Waals surface area (Å²) in [5.41, 5.74) is -0.408. The molecule has 1 saturated heterocycles. The molecule has 0 saturated carbocycles. The molecule has 1 amide bonds. The average Bonchev–Trinajstić information content (AvgIpc) is 2.60. The zero-order valence-corrected chi connectivity index (χ0v) is 10.8. The maximum Gasteiger partial charge on any atom is 0.410 e. The number of likely N-dealkylation sites (tertiary alicyclic amines) is 1. The second kappa shape index (κ2) is 5.53. The van der Waals surface area contributed by atoms with Crippen LogP contribution in [-0.2, 0) is 9.47 Å². The van der Waals surface area contributed by atoms with Gasteiger partial charge in [0.1, 0.15) is 5.60 Å². The molecule has 0 radical (unpaired) electrons. The van der Waals surface area contributed by atoms with Gasteiger partial charge in [-0.1, -0.05) is 0 Å². The lowest BCUT2D eigenvalue weighted by Crippen LogP contribution is -2.35. The molecule has 1 aliphatic rings. The Bertz CT molecular complexity index is 235. The van der Waals surface area contributed by atoms with E-state index in [0.29, 0.717) is 5.92 Å². The second-order valence-electron chi connectivity index (χ2n) is 5.24. The summed E-state index contributed by atoms with van der Waals surface area (Å²) in [6, 6.07) is 0. The van der Waals surface area contributed by atoms with Gasteiger partial charge >= 0.3 is 6.09 Å². The van der Waals surface area contributed by atoms with E-state index in [2.05, 4.69) is 0 Å². The Hall–Kier alpha value is -0.770. The quantitative estimate of drug-likeness (QED) is 0.745. The smallest absolute Gasteiger partial charge is 0.410 e. The average molecular weight is 229 g/mol. The fourth-order valence-electron chi connectivity index (χ4n) is 1.75. The van der Waals surface area contributed by atoms with Gasteiger partial charge in [-0.05, 0) is 34.1 Å². The summed E-state index contributed by atoms with van der Waals surface area (Å²) in [5.74, 6) is 0.465. The van der Waals surface area contributed by atoms with E-state index in [9.17, 15) is 4.79 Å². The predicted molar refractivity (Wildman–Crippen MR) is 62.4 cm³/mol. The molecule has 4 heteroatoms. The second-order valence-corrected chi connectivity index (χ2v) is 5.24. The lowest BCUT2D eigenvalue weighted by Gasteiger charge is -2.24. The summed E-state index contributed by atoms with van der Waals surface area (Å²) in [7, 11) is 0. The van der Waals surface area contributed by atoms with Crippen LogP contribution in [0.25, 0.3) is 0 Å². The molecule has 4 nitrogen and oxygen atoms in total. The number of hydrogen-bond acceptors (Lipinski definition) is 3. The van der Waals surface area contributed by atoms with E-state index in [1.165, 1.54) is 0 Å². The van der Waals surface area contributed by atoms with Crippen LogP contribution >= 0.6 is 0 Å². The molecule has 0 aromatic heterocycles. The monoisotopic (exact) mass is 229 g/mol. The molecule has 0 aromatic carbocycles. The van der Waals surface area contributed by atoms with E-state index in [0.717, 1.165) is 32.7 Å². The number of nitrogens with zero attached hydrogens (tertiary/aromatic N) is 1. The van der Waals surface area contributed by atoms with Gasteiger partial charge in [-0.3, -0.25) is 0 Å². The first kappa shape index (κ1) is 13.3. The molecular weight excluding hydrogens is 206 g/mol. The van der Waals surface area contributed by atoms with Crippen molar-refractivity contribution in [2.24, 2.45) is 5.92 Å². The standard InChI is InChI=1S/C12H23NO3/c1-5-15-9-10-6-7-13(8-10)11(14)16-12(2,3)4/h10H,5-9H2,1-4H3/t10-/m1/s1. The van der Waals surface area contributed by atoms with Crippen molar-refractivity contribution in [2.75, 3.05) is 26.3 Å². The molecular formula is C12H23NO3. The molecule has 0 aliphatic carbocycles. The largest absolute Gasteiger partial charge is 0.444 e. The number of hydrogen-bond donors (Lipinski definition) is 0. The molecule has 1 atom stereocenters. The van der Waals surface area contributed by atoms with E-state index < -0.39 is 5.60 Å². The number of amides is 1. The van der Waals surface area contributed by atoms with E-state index in [-0.39, 0.29) is 6.09 Å². The highest BCUT2D eigenvalue weighted by Crippen LogP contribution is 2.19. The molecule has 0 spiro atoms. The Kier molecular flexibility index (Phi) is 4.59. The van der Waals surface area contributed by atoms with Crippen molar-refractivity contribution in [1.82, 2.24) is 4.90 Å². The van der Waals surface area contributed by atoms with E-state index in [1.54, 1.807) is 4.90 Å². The van der Waals surface area contributed by atoms with Gasteiger partial charge in [-0.2, -0.15) is 0 Å². The maximum atomic E-state index is 11.7. The molecule has 1 rings (SSSR count). The maximum absolute atomic E-state index is 11.7. The van der Waals surface area contributed by atoms with Gasteiger partial charge in [0.25, 0.3) is 0 Å². The molecule has 1 heterocycles. The Morgan fingerprint density at radius 1 is 1.44 bits per heavy atom. The molecule has 1 fully saturated rings. The Morgan fingerprint density at radius 2 is 2.12 bits per heavy atom. The Morgan fingerprint density at radius 3 is 2.69 bits per heavy atom. The van der Waals surface area contributed by atoms with Gasteiger partial charge in [0.05, 0.1) is 6.61 Å². The molecule has 1 aliphatic heterocycles. The molecule has 16 heavy (non-hydrogen) atoms. The lowest BCUT2D eigenvalue weighted by molar-refractivity contribution is 0.0276. The van der Waals surface area contributed by atoms with Crippen molar-refractivity contribution >= 4 is 6.09 Å². The number of rotatable bonds is 3. The first-order valence-electron chi connectivity index (χ1n) is 5.98. The number of carbonyl (C=O) groups is 1. The van der Waals surface area contributed by atoms with Crippen LogP contribution in [0.15, 0.2) is 0 Å². The normalized spacial score (nSPS) is 21.2. The van der Waals surface area contributed by atoms with Gasteiger partial charge in [0.2, 0.25) is 0 Å². The van der Waals surface area contributed by atoms with Crippen molar-refractivity contribution in [3.05, 3.63) is 0 Å². The van der Waals surface area contributed by atoms with Crippen LogP contribution in [-0.4, -0.2) is 42.9 Å². The number of ether oxygens (including phenoxy) is 2. The van der Waals surface area contributed by atoms with Crippen LogP contribution < -0.4 is 0 Å². The van der Waals surface area contributed by atoms with Crippen LogP contribution in [0.5, 0.6) is 0 Å². The topological polar surface area (TPSA) is 38.8 Å². The SMILES string of the molecule is CCOC[C@@H]1CCN(C(=O)OC(C)(C)C)C1. The summed E-state index contributed by atoms with van der Waals surface area (Å²) in [6.07, 6.45) is 0.811. The fourth-order valence-corrected chi connectivity index (χ4v) is 1.75. The van der Waals surface area contributed by atoms with Crippen molar-refractivity contribution in [2.45, 2.75) is 39.7 Å². The summed E-state index contributed by atoms with van der Waals surface area (Å²) in [4.78, 5) is 13.5. The lowest BCUT2D eigenvalue weighted by atomic mass is 10.1. The van der Waals surface area contributed by atoms with Crippen LogP contribution in [0.1, 0.15) is 34.1 Å². The van der Waals surface area contributed by atoms with Crippen LogP contribution in [0, 0.1) is 5.92 Å². The zero-order chi connectivity index (χ0) is 12.2. The number of carbonyl (C=O) groups excluding carboxylic acids is 1. The minimum Gasteiger partial charge on any atom is -0.444 e. The summed E-state index contributed by atoms with van der Waals surface area (Å²) in [5, 5.41) is 0. The van der Waals surface area contributed by atoms with Gasteiger partial charge in [-0.25, -0.2) is 4.79 Å². The molecule has 94 valence electrons. The minimum absolute atomic E-state index is 0.202. The summed E-state index contributed by atoms with van der Waals surface area (Å²) >= 11 is 0. The predicted octanol–water partition coefficient (Wildman–Crippen LogP) is 2.28. The Balaban J connectivity index is 2.32. The van der Waals surface area contributed by atoms with Crippen molar-refractivity contribution in [1.29, 1.82) is 0 Å². The zero-order valence-electron chi connectivity index (χ0n) is 10.8. The third kappa shape index (κ3) is 4.39. The third-order valence-corrected chi connectivity index (χ3v) is 2.50. The van der Waals surface area contributed by atoms with Crippen molar-refractivity contribution in [3.63, 3.8) is 0 Å². The molecule has 0 N–H and O–H groups in total. The molecule has 0 unspecified atom stereocenters. The van der Waals surface area contributed by atoms with Gasteiger partial charge in [0.15, 0.2) is 0 Å².